The summed E-state index contributed by atoms with van der Waals surface area (Å²) >= 11 is 0. The fourth-order valence-corrected chi connectivity index (χ4v) is 1.52. The molecule has 0 aliphatic heterocycles. The molecule has 0 bridgehead atoms. The van der Waals surface area contributed by atoms with E-state index >= 15 is 0 Å². The topological polar surface area (TPSA) is 47.3 Å². The molecule has 2 heterocycles. The number of hydrogen-bond acceptors (Lipinski definition) is 4. The van der Waals surface area contributed by atoms with Crippen LogP contribution in [-0.4, -0.2) is 25.7 Å². The zero-order valence-corrected chi connectivity index (χ0v) is 8.91. The van der Waals surface area contributed by atoms with E-state index in [1.54, 1.807) is 13.4 Å². The average molecular weight is 206 g/mol. The molecule has 2 rings (SSSR count). The first-order chi connectivity index (χ1) is 7.35. The van der Waals surface area contributed by atoms with Crippen LogP contribution in [-0.2, 0) is 6.42 Å². The lowest BCUT2D eigenvalue weighted by Gasteiger charge is -1.98. The number of likely N-dealkylation sites (N-methyl/N-ethyl adjacent to an activating group) is 1. The normalized spacial score (nSPS) is 10.8. The first-order valence-corrected chi connectivity index (χ1v) is 4.91. The first kappa shape index (κ1) is 9.98. The molecule has 4 heteroatoms. The highest BCUT2D eigenvalue weighted by Crippen LogP contribution is 2.22. The maximum Gasteiger partial charge on any atom is 0.229 e. The van der Waals surface area contributed by atoms with Crippen molar-refractivity contribution in [1.29, 1.82) is 0 Å². The number of nitrogens with one attached hydrogen (secondary N) is 1. The van der Waals surface area contributed by atoms with Crippen LogP contribution in [0, 0.1) is 0 Å². The van der Waals surface area contributed by atoms with E-state index in [0.29, 0.717) is 11.6 Å². The summed E-state index contributed by atoms with van der Waals surface area (Å²) in [6, 6.07) is 3.83. The van der Waals surface area contributed by atoms with Crippen molar-refractivity contribution in [3.05, 3.63) is 24.0 Å². The molecular weight excluding hydrogens is 192 g/mol. The highest BCUT2D eigenvalue weighted by molar-refractivity contribution is 5.78. The van der Waals surface area contributed by atoms with Crippen LogP contribution in [0.2, 0.25) is 0 Å². The summed E-state index contributed by atoms with van der Waals surface area (Å²) in [6.45, 7) is 0.931. The maximum absolute atomic E-state index is 5.37. The molecule has 2 aromatic rings. The Morgan fingerprint density at radius 3 is 3.07 bits per heavy atom. The fourth-order valence-electron chi connectivity index (χ4n) is 1.52. The molecule has 0 aliphatic carbocycles. The molecule has 0 aliphatic rings. The second kappa shape index (κ2) is 4.31. The van der Waals surface area contributed by atoms with Crippen molar-refractivity contribution >= 4 is 11.1 Å². The predicted octanol–water partition coefficient (Wildman–Crippen LogP) is 1.60. The minimum atomic E-state index is 0.581. The summed E-state index contributed by atoms with van der Waals surface area (Å²) in [5.74, 6) is 0.581. The van der Waals surface area contributed by atoms with Gasteiger partial charge in [0, 0.05) is 17.0 Å². The van der Waals surface area contributed by atoms with Gasteiger partial charge in [-0.2, -0.15) is 4.98 Å². The predicted molar refractivity (Wildman–Crippen MR) is 58.2 cm³/mol. The Morgan fingerprint density at radius 2 is 2.33 bits per heavy atom. The quantitative estimate of drug-likeness (QED) is 0.825. The van der Waals surface area contributed by atoms with E-state index in [0.717, 1.165) is 18.4 Å². The highest BCUT2D eigenvalue weighted by atomic mass is 16.5. The molecule has 0 spiro atoms. The smallest absolute Gasteiger partial charge is 0.229 e. The first-order valence-electron chi connectivity index (χ1n) is 4.91. The van der Waals surface area contributed by atoms with Gasteiger partial charge >= 0.3 is 0 Å². The van der Waals surface area contributed by atoms with Gasteiger partial charge in [0.1, 0.15) is 0 Å². The van der Waals surface area contributed by atoms with Crippen LogP contribution in [0.1, 0.15) is 5.56 Å². The summed E-state index contributed by atoms with van der Waals surface area (Å²) < 4.78 is 10.4. The zero-order valence-electron chi connectivity index (χ0n) is 8.91. The number of furan rings is 1. The van der Waals surface area contributed by atoms with Crippen LogP contribution in [0.4, 0.5) is 0 Å². The standard InChI is InChI=1S/C11H14N2O2/c1-12-6-5-8-7-15-11-9(8)3-4-10(13-11)14-2/h3-4,7,12H,5-6H2,1-2H3. The van der Waals surface area contributed by atoms with Gasteiger partial charge in [-0.1, -0.05) is 0 Å². The summed E-state index contributed by atoms with van der Waals surface area (Å²) in [5.41, 5.74) is 1.81. The Bertz CT molecular complexity index is 451. The van der Waals surface area contributed by atoms with Gasteiger partial charge in [0.15, 0.2) is 0 Å². The Morgan fingerprint density at radius 1 is 1.47 bits per heavy atom. The van der Waals surface area contributed by atoms with Crippen LogP contribution in [0.15, 0.2) is 22.8 Å². The number of hydrogen-bond donors (Lipinski definition) is 1. The molecule has 80 valence electrons. The molecular formula is C11H14N2O2. The molecule has 0 saturated heterocycles. The van der Waals surface area contributed by atoms with Gasteiger partial charge in [-0.25, -0.2) is 0 Å². The molecule has 0 aromatic carbocycles. The molecule has 0 unspecified atom stereocenters. The second-order valence-corrected chi connectivity index (χ2v) is 3.32. The minimum absolute atomic E-state index is 0.581. The summed E-state index contributed by atoms with van der Waals surface area (Å²) in [5, 5.41) is 4.17. The van der Waals surface area contributed by atoms with Crippen molar-refractivity contribution in [2.24, 2.45) is 0 Å². The molecule has 4 nitrogen and oxygen atoms in total. The lowest BCUT2D eigenvalue weighted by molar-refractivity contribution is 0.397. The summed E-state index contributed by atoms with van der Waals surface area (Å²) in [7, 11) is 3.53. The maximum atomic E-state index is 5.37. The zero-order chi connectivity index (χ0) is 10.7. The number of rotatable bonds is 4. The number of pyridine rings is 1. The Balaban J connectivity index is 2.34. The summed E-state index contributed by atoms with van der Waals surface area (Å²) in [6.07, 6.45) is 2.70. The molecule has 1 N–H and O–H groups in total. The highest BCUT2D eigenvalue weighted by Gasteiger charge is 2.07. The fraction of sp³-hybridized carbons (Fsp3) is 0.364. The average Bonchev–Trinajstić information content (AvgIpc) is 2.68. The van der Waals surface area contributed by atoms with Crippen molar-refractivity contribution in [3.63, 3.8) is 0 Å². The van der Waals surface area contributed by atoms with Crippen molar-refractivity contribution in [2.75, 3.05) is 20.7 Å². The van der Waals surface area contributed by atoms with Crippen LogP contribution in [0.25, 0.3) is 11.1 Å². The SMILES string of the molecule is CNCCc1coc2nc(OC)ccc12. The van der Waals surface area contributed by atoms with Gasteiger partial charge in [-0.15, -0.1) is 0 Å². The lowest BCUT2D eigenvalue weighted by atomic mass is 10.1. The van der Waals surface area contributed by atoms with Gasteiger partial charge in [-0.3, -0.25) is 0 Å². The molecule has 0 radical (unpaired) electrons. The Hall–Kier alpha value is -1.55. The van der Waals surface area contributed by atoms with Crippen molar-refractivity contribution in [1.82, 2.24) is 10.3 Å². The van der Waals surface area contributed by atoms with Gasteiger partial charge in [0.05, 0.1) is 13.4 Å². The van der Waals surface area contributed by atoms with Gasteiger partial charge in [0.25, 0.3) is 0 Å². The number of nitrogens with zero attached hydrogens (tertiary/aromatic N) is 1. The lowest BCUT2D eigenvalue weighted by Crippen LogP contribution is -2.09. The van der Waals surface area contributed by atoms with Crippen LogP contribution in [0.3, 0.4) is 0 Å². The van der Waals surface area contributed by atoms with E-state index in [1.807, 2.05) is 19.2 Å². The third-order valence-electron chi connectivity index (χ3n) is 2.35. The monoisotopic (exact) mass is 206 g/mol. The van der Waals surface area contributed by atoms with E-state index in [4.69, 9.17) is 9.15 Å². The second-order valence-electron chi connectivity index (χ2n) is 3.32. The number of aromatic nitrogens is 1. The Kier molecular flexibility index (Phi) is 2.87. The van der Waals surface area contributed by atoms with Gasteiger partial charge in [0.2, 0.25) is 11.6 Å². The molecule has 0 saturated carbocycles. The number of fused-ring (bicyclic) bond motifs is 1. The Labute approximate surface area is 88.3 Å². The minimum Gasteiger partial charge on any atom is -0.481 e. The van der Waals surface area contributed by atoms with Crippen molar-refractivity contribution in [2.45, 2.75) is 6.42 Å². The third kappa shape index (κ3) is 1.94. The van der Waals surface area contributed by atoms with E-state index in [1.165, 1.54) is 5.56 Å². The molecule has 2 aromatic heterocycles. The van der Waals surface area contributed by atoms with Crippen molar-refractivity contribution < 1.29 is 9.15 Å². The van der Waals surface area contributed by atoms with Crippen LogP contribution >= 0.6 is 0 Å². The van der Waals surface area contributed by atoms with Crippen molar-refractivity contribution in [3.8, 4) is 5.88 Å². The van der Waals surface area contributed by atoms with Gasteiger partial charge in [-0.05, 0) is 26.1 Å². The van der Waals surface area contributed by atoms with Crippen LogP contribution < -0.4 is 10.1 Å². The molecule has 0 amide bonds. The molecule has 15 heavy (non-hydrogen) atoms. The van der Waals surface area contributed by atoms with E-state index in [9.17, 15) is 0 Å². The van der Waals surface area contributed by atoms with Gasteiger partial charge < -0.3 is 14.5 Å². The van der Waals surface area contributed by atoms with Crippen LogP contribution in [0.5, 0.6) is 5.88 Å². The van der Waals surface area contributed by atoms with E-state index < -0.39 is 0 Å². The molecule has 0 atom stereocenters. The number of methoxy groups -OCH3 is 1. The van der Waals surface area contributed by atoms with E-state index in [2.05, 4.69) is 10.3 Å². The molecule has 0 fully saturated rings. The number of ether oxygens (including phenoxy) is 1. The van der Waals surface area contributed by atoms with E-state index in [-0.39, 0.29) is 0 Å². The third-order valence-corrected chi connectivity index (χ3v) is 2.35. The summed E-state index contributed by atoms with van der Waals surface area (Å²) in [4.78, 5) is 4.21. The largest absolute Gasteiger partial charge is 0.481 e.